The maximum Gasteiger partial charge on any atom is 0.444 e. The summed E-state index contributed by atoms with van der Waals surface area (Å²) in [5, 5.41) is 2.53. The average molecular weight is 319 g/mol. The van der Waals surface area contributed by atoms with E-state index in [2.05, 4.69) is 33.9 Å². The molecule has 18 heavy (non-hydrogen) atoms. The number of ether oxygens (including phenoxy) is 1. The van der Waals surface area contributed by atoms with E-state index in [1.165, 1.54) is 6.07 Å². The molecule has 1 rings (SSSR count). The van der Waals surface area contributed by atoms with Gasteiger partial charge in [-0.05, 0) is 24.4 Å². The number of halogens is 5. The molecule has 0 saturated heterocycles. The predicted molar refractivity (Wildman–Crippen MR) is 68.2 cm³/mol. The van der Waals surface area contributed by atoms with Crippen molar-refractivity contribution < 1.29 is 17.9 Å². The zero-order valence-corrected chi connectivity index (χ0v) is 10.9. The number of benzene rings is 1. The Morgan fingerprint density at radius 3 is 2.61 bits per heavy atom. The van der Waals surface area contributed by atoms with Crippen LogP contribution in [-0.4, -0.2) is 16.9 Å². The third kappa shape index (κ3) is 4.08. The summed E-state index contributed by atoms with van der Waals surface area (Å²) >= 11 is 15.0. The second kappa shape index (κ2) is 5.81. The van der Waals surface area contributed by atoms with E-state index in [0.717, 1.165) is 12.1 Å². The molecule has 0 spiro atoms. The Kier molecular flexibility index (Phi) is 4.89. The molecule has 0 aliphatic heterocycles. The summed E-state index contributed by atoms with van der Waals surface area (Å²) in [5.74, 6) is -0.341. The van der Waals surface area contributed by atoms with Gasteiger partial charge in [-0.3, -0.25) is 0 Å². The smallest absolute Gasteiger partial charge is 0.429 e. The van der Waals surface area contributed by atoms with E-state index in [-0.39, 0.29) is 21.6 Å². The third-order valence-corrected chi connectivity index (χ3v) is 2.39. The molecule has 0 aliphatic rings. The molecule has 1 unspecified atom stereocenters. The van der Waals surface area contributed by atoms with Crippen molar-refractivity contribution in [3.8, 4) is 5.75 Å². The van der Waals surface area contributed by atoms with Gasteiger partial charge >= 0.3 is 6.11 Å². The van der Waals surface area contributed by atoms with Crippen LogP contribution in [0.5, 0.6) is 5.75 Å². The van der Waals surface area contributed by atoms with E-state index in [1.54, 1.807) is 0 Å². The van der Waals surface area contributed by atoms with Crippen LogP contribution in [0.4, 0.5) is 18.9 Å². The van der Waals surface area contributed by atoms with Gasteiger partial charge in [-0.15, -0.1) is 0 Å². The minimum Gasteiger partial charge on any atom is -0.429 e. The first kappa shape index (κ1) is 15.1. The predicted octanol–water partition coefficient (Wildman–Crippen LogP) is 3.50. The van der Waals surface area contributed by atoms with E-state index in [1.807, 2.05) is 0 Å². The first-order valence-electron chi connectivity index (χ1n) is 4.43. The van der Waals surface area contributed by atoms with Gasteiger partial charge in [-0.25, -0.2) is 4.39 Å². The maximum absolute atomic E-state index is 12.9. The van der Waals surface area contributed by atoms with Crippen molar-refractivity contribution in [1.29, 1.82) is 0 Å². The van der Waals surface area contributed by atoms with Crippen LogP contribution in [0.1, 0.15) is 0 Å². The lowest BCUT2D eigenvalue weighted by Gasteiger charge is -2.18. The standard InChI is InChI=1S/C9H7Cl2F3N2OS/c10-5-2-1-4(3-6(5)16-8(15)18)17-9(13,14)7(11)12/h1-3,7H,(H3,15,16,18). The minimum atomic E-state index is -4.16. The van der Waals surface area contributed by atoms with Crippen LogP contribution >= 0.6 is 35.4 Å². The highest BCUT2D eigenvalue weighted by molar-refractivity contribution is 7.80. The molecule has 0 fully saturated rings. The van der Waals surface area contributed by atoms with Crippen LogP contribution in [-0.2, 0) is 0 Å². The van der Waals surface area contributed by atoms with Crippen molar-refractivity contribution in [3.63, 3.8) is 0 Å². The Morgan fingerprint density at radius 1 is 1.50 bits per heavy atom. The van der Waals surface area contributed by atoms with Gasteiger partial charge in [0.15, 0.2) is 5.11 Å². The topological polar surface area (TPSA) is 47.3 Å². The van der Waals surface area contributed by atoms with Crippen molar-refractivity contribution in [1.82, 2.24) is 0 Å². The fourth-order valence-electron chi connectivity index (χ4n) is 0.998. The molecule has 3 N–H and O–H groups in total. The SMILES string of the molecule is NC(=S)Nc1cc(OC(F)(F)C(F)Cl)ccc1Cl. The zero-order chi connectivity index (χ0) is 13.9. The molecule has 100 valence electrons. The Labute approximate surface area is 116 Å². The summed E-state index contributed by atoms with van der Waals surface area (Å²) in [7, 11) is 0. The summed E-state index contributed by atoms with van der Waals surface area (Å²) in [6.45, 7) is 0. The van der Waals surface area contributed by atoms with E-state index in [4.69, 9.17) is 17.3 Å². The molecule has 0 radical (unpaired) electrons. The quantitative estimate of drug-likeness (QED) is 0.659. The Balaban J connectivity index is 2.95. The summed E-state index contributed by atoms with van der Waals surface area (Å²) in [5.41, 5.74) is 2.39. The highest BCUT2D eigenvalue weighted by Gasteiger charge is 2.42. The Bertz CT molecular complexity index is 459. The molecule has 0 heterocycles. The molecule has 0 amide bonds. The molecule has 0 saturated carbocycles. The van der Waals surface area contributed by atoms with Crippen molar-refractivity contribution in [2.45, 2.75) is 11.7 Å². The number of anilines is 1. The fourth-order valence-corrected chi connectivity index (χ4v) is 1.32. The lowest BCUT2D eigenvalue weighted by molar-refractivity contribution is -0.198. The summed E-state index contributed by atoms with van der Waals surface area (Å²) < 4.78 is 42.3. The molecular formula is C9H7Cl2F3N2OS. The fraction of sp³-hybridized carbons (Fsp3) is 0.222. The second-order valence-electron chi connectivity index (χ2n) is 3.10. The van der Waals surface area contributed by atoms with Crippen LogP contribution in [0.2, 0.25) is 5.02 Å². The highest BCUT2D eigenvalue weighted by Crippen LogP contribution is 2.32. The van der Waals surface area contributed by atoms with Gasteiger partial charge in [-0.1, -0.05) is 23.2 Å². The van der Waals surface area contributed by atoms with Crippen molar-refractivity contribution in [3.05, 3.63) is 23.2 Å². The van der Waals surface area contributed by atoms with Gasteiger partial charge in [0.05, 0.1) is 10.7 Å². The van der Waals surface area contributed by atoms with Gasteiger partial charge in [0.2, 0.25) is 0 Å². The van der Waals surface area contributed by atoms with Gasteiger partial charge in [0.1, 0.15) is 5.75 Å². The molecule has 0 bridgehead atoms. The first-order chi connectivity index (χ1) is 8.22. The monoisotopic (exact) mass is 318 g/mol. The molecule has 0 aromatic heterocycles. The molecule has 1 atom stereocenters. The van der Waals surface area contributed by atoms with Gasteiger partial charge in [0, 0.05) is 6.07 Å². The van der Waals surface area contributed by atoms with Crippen LogP contribution in [0, 0.1) is 0 Å². The van der Waals surface area contributed by atoms with Crippen LogP contribution in [0.25, 0.3) is 0 Å². The van der Waals surface area contributed by atoms with Gasteiger partial charge in [-0.2, -0.15) is 8.78 Å². The highest BCUT2D eigenvalue weighted by atomic mass is 35.5. The Hall–Kier alpha value is -0.920. The van der Waals surface area contributed by atoms with Gasteiger partial charge in [0.25, 0.3) is 5.63 Å². The van der Waals surface area contributed by atoms with Crippen molar-refractivity contribution in [2.24, 2.45) is 5.73 Å². The summed E-state index contributed by atoms with van der Waals surface area (Å²) in [6, 6.07) is 3.48. The number of rotatable bonds is 4. The lowest BCUT2D eigenvalue weighted by atomic mass is 10.3. The number of hydrogen-bond donors (Lipinski definition) is 2. The van der Waals surface area contributed by atoms with Crippen molar-refractivity contribution in [2.75, 3.05) is 5.32 Å². The number of nitrogens with two attached hydrogens (primary N) is 1. The largest absolute Gasteiger partial charge is 0.444 e. The molecule has 0 aliphatic carbocycles. The number of nitrogens with one attached hydrogen (secondary N) is 1. The minimum absolute atomic E-state index is 0.110. The van der Waals surface area contributed by atoms with E-state index in [0.29, 0.717) is 0 Å². The van der Waals surface area contributed by atoms with Gasteiger partial charge < -0.3 is 15.8 Å². The lowest BCUT2D eigenvalue weighted by Crippen LogP contribution is -2.32. The first-order valence-corrected chi connectivity index (χ1v) is 5.65. The van der Waals surface area contributed by atoms with E-state index >= 15 is 0 Å². The number of alkyl halides is 4. The van der Waals surface area contributed by atoms with E-state index in [9.17, 15) is 13.2 Å². The molecule has 1 aromatic carbocycles. The molecule has 1 aromatic rings. The average Bonchev–Trinajstić information content (AvgIpc) is 2.21. The molecule has 9 heteroatoms. The molecular weight excluding hydrogens is 312 g/mol. The van der Waals surface area contributed by atoms with Crippen LogP contribution in [0.15, 0.2) is 18.2 Å². The zero-order valence-electron chi connectivity index (χ0n) is 8.59. The number of hydrogen-bond acceptors (Lipinski definition) is 2. The molecule has 3 nitrogen and oxygen atoms in total. The van der Waals surface area contributed by atoms with Crippen LogP contribution < -0.4 is 15.8 Å². The number of thiocarbonyl (C=S) groups is 1. The second-order valence-corrected chi connectivity index (χ2v) is 4.33. The summed E-state index contributed by atoms with van der Waals surface area (Å²) in [4.78, 5) is 0. The normalized spacial score (nSPS) is 12.9. The summed E-state index contributed by atoms with van der Waals surface area (Å²) in [6.07, 6.45) is -4.16. The third-order valence-electron chi connectivity index (χ3n) is 1.70. The van der Waals surface area contributed by atoms with E-state index < -0.39 is 11.7 Å². The van der Waals surface area contributed by atoms with Crippen LogP contribution in [0.3, 0.4) is 0 Å². The maximum atomic E-state index is 12.9. The Morgan fingerprint density at radius 2 is 2.11 bits per heavy atom. The van der Waals surface area contributed by atoms with Crippen molar-refractivity contribution >= 4 is 46.2 Å².